The van der Waals surface area contributed by atoms with Crippen molar-refractivity contribution in [1.29, 1.82) is 0 Å². The van der Waals surface area contributed by atoms with Crippen molar-refractivity contribution in [3.63, 3.8) is 0 Å². The molecule has 0 atom stereocenters. The summed E-state index contributed by atoms with van der Waals surface area (Å²) in [4.78, 5) is 15.5. The molecule has 14 rings (SSSR count). The van der Waals surface area contributed by atoms with Crippen LogP contribution in [0.15, 0.2) is 186 Å². The number of rotatable bonds is 4. The van der Waals surface area contributed by atoms with Gasteiger partial charge in [-0.3, -0.25) is 0 Å². The van der Waals surface area contributed by atoms with E-state index in [1.807, 2.05) is 48.5 Å². The highest BCUT2D eigenvalue weighted by Crippen LogP contribution is 2.61. The maximum absolute atomic E-state index is 6.30. The van der Waals surface area contributed by atoms with Gasteiger partial charge in [-0.05, 0) is 93.7 Å². The van der Waals surface area contributed by atoms with Crippen LogP contribution >= 0.6 is 0 Å². The lowest BCUT2D eigenvalue weighted by atomic mass is 9.66. The molecule has 2 aliphatic rings. The molecule has 302 valence electrons. The molecule has 5 nitrogen and oxygen atoms in total. The topological polar surface area (TPSA) is 56.7 Å². The zero-order valence-electron chi connectivity index (χ0n) is 35.1. The Morgan fingerprint density at radius 1 is 0.438 bits per heavy atom. The van der Waals surface area contributed by atoms with Crippen LogP contribution in [0.3, 0.4) is 0 Å². The van der Waals surface area contributed by atoms with Crippen molar-refractivity contribution >= 4 is 65.3 Å². The summed E-state index contributed by atoms with van der Waals surface area (Å²) >= 11 is 0. The summed E-state index contributed by atoms with van der Waals surface area (Å²) in [6.45, 7) is 0. The van der Waals surface area contributed by atoms with E-state index in [1.165, 1.54) is 97.7 Å². The van der Waals surface area contributed by atoms with Crippen LogP contribution in [0.1, 0.15) is 43.2 Å². The first kappa shape index (κ1) is 35.7. The zero-order valence-corrected chi connectivity index (χ0v) is 35.1. The van der Waals surface area contributed by atoms with Crippen LogP contribution in [0.4, 0.5) is 0 Å². The van der Waals surface area contributed by atoms with Crippen molar-refractivity contribution in [3.05, 3.63) is 193 Å². The molecule has 5 heteroatoms. The van der Waals surface area contributed by atoms with Crippen molar-refractivity contribution in [2.24, 2.45) is 0 Å². The Hall–Kier alpha value is -7.89. The number of hydrogen-bond acceptors (Lipinski definition) is 4. The molecule has 12 aromatic rings. The van der Waals surface area contributed by atoms with Crippen LogP contribution < -0.4 is 0 Å². The molecule has 1 saturated carbocycles. The van der Waals surface area contributed by atoms with Crippen LogP contribution in [0.5, 0.6) is 0 Å². The van der Waals surface area contributed by atoms with Gasteiger partial charge in [0.05, 0.1) is 11.0 Å². The molecule has 1 spiro atoms. The van der Waals surface area contributed by atoms with Gasteiger partial charge < -0.3 is 8.98 Å². The Morgan fingerprint density at radius 3 is 1.91 bits per heavy atom. The quantitative estimate of drug-likeness (QED) is 0.177. The molecule has 3 heterocycles. The van der Waals surface area contributed by atoms with E-state index in [2.05, 4.69) is 138 Å². The van der Waals surface area contributed by atoms with Gasteiger partial charge in [0.2, 0.25) is 0 Å². The molecule has 0 saturated heterocycles. The summed E-state index contributed by atoms with van der Waals surface area (Å²) in [5.41, 5.74) is 13.9. The molecule has 0 aliphatic heterocycles. The van der Waals surface area contributed by atoms with Crippen molar-refractivity contribution in [2.75, 3.05) is 0 Å². The molecular weight excluding hydrogens is 781 g/mol. The van der Waals surface area contributed by atoms with E-state index in [4.69, 9.17) is 19.4 Å². The summed E-state index contributed by atoms with van der Waals surface area (Å²) in [6.07, 6.45) is 6.10. The highest BCUT2D eigenvalue weighted by Gasteiger charge is 2.46. The molecule has 9 aromatic carbocycles. The Balaban J connectivity index is 1.02. The molecule has 3 aromatic heterocycles. The molecule has 2 aliphatic carbocycles. The first-order valence-corrected chi connectivity index (χ1v) is 22.6. The highest BCUT2D eigenvalue weighted by atomic mass is 16.3. The minimum absolute atomic E-state index is 0.0354. The number of aromatic nitrogens is 4. The van der Waals surface area contributed by atoms with Crippen LogP contribution in [-0.2, 0) is 5.41 Å². The van der Waals surface area contributed by atoms with Gasteiger partial charge in [-0.1, -0.05) is 159 Å². The van der Waals surface area contributed by atoms with Crippen LogP contribution in [-0.4, -0.2) is 19.5 Å². The summed E-state index contributed by atoms with van der Waals surface area (Å²) in [5, 5.41) is 9.95. The molecule has 64 heavy (non-hydrogen) atoms. The molecule has 0 N–H and O–H groups in total. The molecule has 0 amide bonds. The third kappa shape index (κ3) is 4.98. The summed E-state index contributed by atoms with van der Waals surface area (Å²) in [5.74, 6) is 1.85. The van der Waals surface area contributed by atoms with Crippen LogP contribution in [0.25, 0.3) is 116 Å². The SMILES string of the molecule is c1ccc(-c2nc(-c3ccc(-n4c5ccc6ccccc6c5c5c6c(c7ccccc7c54)-c4ccccc4C64CCCCC4)cc3)nc(-c3cccc4oc5ccccc5c34)n2)cc1. The standard InChI is InChI=1S/C59H40N4O/c1-3-17-37(18-4-1)56-60-57(62-58(61-56)45-24-15-27-49-50(45)44-23-10-12-26-48(44)64-49)38-28-31-39(32-29-38)63-47-33-30-36-16-5-6-19-40(36)52(47)53-54-51(41-20-7-8-21-42(41)55(53)63)43-22-9-11-25-46(43)59(54)34-13-2-14-35-59/h1,3-12,15-33H,2,13-14,34-35H2. The van der Waals surface area contributed by atoms with Crippen molar-refractivity contribution in [2.45, 2.75) is 37.5 Å². The molecular formula is C59H40N4O. The number of nitrogens with zero attached hydrogens (tertiary/aromatic N) is 4. The average molecular weight is 821 g/mol. The minimum Gasteiger partial charge on any atom is -0.456 e. The van der Waals surface area contributed by atoms with E-state index in [-0.39, 0.29) is 5.41 Å². The molecule has 0 bridgehead atoms. The number of furan rings is 1. The number of benzene rings is 9. The van der Waals surface area contributed by atoms with Gasteiger partial charge >= 0.3 is 0 Å². The highest BCUT2D eigenvalue weighted by molar-refractivity contribution is 6.30. The first-order valence-electron chi connectivity index (χ1n) is 22.6. The predicted molar refractivity (Wildman–Crippen MR) is 262 cm³/mol. The van der Waals surface area contributed by atoms with Crippen molar-refractivity contribution < 1.29 is 4.42 Å². The van der Waals surface area contributed by atoms with Crippen molar-refractivity contribution in [3.8, 4) is 51.0 Å². The lowest BCUT2D eigenvalue weighted by Crippen LogP contribution is -2.28. The maximum Gasteiger partial charge on any atom is 0.164 e. The summed E-state index contributed by atoms with van der Waals surface area (Å²) in [6, 6.07) is 65.5. The minimum atomic E-state index is -0.0354. The largest absolute Gasteiger partial charge is 0.456 e. The average Bonchev–Trinajstić information content (AvgIpc) is 4.01. The van der Waals surface area contributed by atoms with Gasteiger partial charge in [-0.15, -0.1) is 0 Å². The van der Waals surface area contributed by atoms with Gasteiger partial charge in [0, 0.05) is 54.7 Å². The van der Waals surface area contributed by atoms with E-state index in [1.54, 1.807) is 0 Å². The monoisotopic (exact) mass is 820 g/mol. The van der Waals surface area contributed by atoms with Crippen LogP contribution in [0, 0.1) is 0 Å². The third-order valence-electron chi connectivity index (χ3n) is 14.4. The van der Waals surface area contributed by atoms with Gasteiger partial charge in [0.1, 0.15) is 11.2 Å². The first-order chi connectivity index (χ1) is 31.7. The fourth-order valence-corrected chi connectivity index (χ4v) is 11.7. The second-order valence-electron chi connectivity index (χ2n) is 17.7. The Morgan fingerprint density at radius 2 is 1.08 bits per heavy atom. The Kier molecular flexibility index (Phi) is 7.56. The fourth-order valence-electron chi connectivity index (χ4n) is 11.7. The van der Waals surface area contributed by atoms with E-state index in [9.17, 15) is 0 Å². The van der Waals surface area contributed by atoms with E-state index in [0.29, 0.717) is 17.5 Å². The van der Waals surface area contributed by atoms with E-state index < -0.39 is 0 Å². The Labute approximate surface area is 369 Å². The second-order valence-corrected chi connectivity index (χ2v) is 17.7. The smallest absolute Gasteiger partial charge is 0.164 e. The van der Waals surface area contributed by atoms with Crippen molar-refractivity contribution in [1.82, 2.24) is 19.5 Å². The number of para-hydroxylation sites is 1. The molecule has 1 fully saturated rings. The van der Waals surface area contributed by atoms with Crippen LogP contribution in [0.2, 0.25) is 0 Å². The van der Waals surface area contributed by atoms with Gasteiger partial charge in [0.25, 0.3) is 0 Å². The van der Waals surface area contributed by atoms with E-state index >= 15 is 0 Å². The Bertz CT molecular complexity index is 3870. The summed E-state index contributed by atoms with van der Waals surface area (Å²) < 4.78 is 8.85. The third-order valence-corrected chi connectivity index (χ3v) is 14.4. The lowest BCUT2D eigenvalue weighted by Gasteiger charge is -2.36. The second kappa shape index (κ2) is 13.6. The fraction of sp³-hybridized carbons (Fsp3) is 0.102. The normalized spacial score (nSPS) is 14.4. The maximum atomic E-state index is 6.30. The van der Waals surface area contributed by atoms with Gasteiger partial charge in [-0.2, -0.15) is 0 Å². The zero-order chi connectivity index (χ0) is 41.9. The van der Waals surface area contributed by atoms with Gasteiger partial charge in [0.15, 0.2) is 17.5 Å². The van der Waals surface area contributed by atoms with E-state index in [0.717, 1.165) is 44.3 Å². The lowest BCUT2D eigenvalue weighted by molar-refractivity contribution is 0.355. The van der Waals surface area contributed by atoms with Gasteiger partial charge in [-0.25, -0.2) is 15.0 Å². The number of fused-ring (bicyclic) bond motifs is 17. The molecule has 0 unspecified atom stereocenters. The summed E-state index contributed by atoms with van der Waals surface area (Å²) in [7, 11) is 0. The molecule has 0 radical (unpaired) electrons. The number of hydrogen-bond donors (Lipinski definition) is 0. The predicted octanol–water partition coefficient (Wildman–Crippen LogP) is 15.4.